The second-order valence-electron chi connectivity index (χ2n) is 5.16. The molecule has 0 bridgehead atoms. The number of aryl methyl sites for hydroxylation is 2. The molecule has 0 radical (unpaired) electrons. The predicted octanol–water partition coefficient (Wildman–Crippen LogP) is 4.05. The van der Waals surface area contributed by atoms with E-state index in [0.717, 1.165) is 30.4 Å². The number of rotatable bonds is 8. The van der Waals surface area contributed by atoms with E-state index >= 15 is 0 Å². The zero-order chi connectivity index (χ0) is 15.8. The Hall–Kier alpha value is -2.04. The summed E-state index contributed by atoms with van der Waals surface area (Å²) in [6, 6.07) is 3.65. The standard InChI is InChI=1S/C16H22N2O3/c1-4-5-6-7-16(19)14-10-12(2)13(3)11-15(14)17-8-9-18(20)21/h8,10-11H,4-7,9H2,1-3H3. The number of hydrogen-bond acceptors (Lipinski definition) is 4. The van der Waals surface area contributed by atoms with E-state index in [1.165, 1.54) is 6.21 Å². The molecule has 0 amide bonds. The van der Waals surface area contributed by atoms with Crippen LogP contribution in [0.25, 0.3) is 0 Å². The van der Waals surface area contributed by atoms with Crippen molar-refractivity contribution in [1.82, 2.24) is 0 Å². The number of benzene rings is 1. The first-order valence-corrected chi connectivity index (χ1v) is 7.24. The third-order valence-corrected chi connectivity index (χ3v) is 3.38. The Bertz CT molecular complexity index is 551. The van der Waals surface area contributed by atoms with E-state index in [1.54, 1.807) is 0 Å². The van der Waals surface area contributed by atoms with Gasteiger partial charge in [0.2, 0.25) is 6.54 Å². The number of Topliss-reactive ketones (excluding diaryl/α,β-unsaturated/α-hetero) is 1. The topological polar surface area (TPSA) is 72.6 Å². The molecule has 0 aliphatic heterocycles. The minimum Gasteiger partial charge on any atom is -0.294 e. The highest BCUT2D eigenvalue weighted by Gasteiger charge is 2.12. The smallest absolute Gasteiger partial charge is 0.238 e. The Kier molecular flexibility index (Phi) is 6.72. The summed E-state index contributed by atoms with van der Waals surface area (Å²) < 4.78 is 0. The lowest BCUT2D eigenvalue weighted by atomic mass is 9.98. The fourth-order valence-corrected chi connectivity index (χ4v) is 2.01. The van der Waals surface area contributed by atoms with Gasteiger partial charge in [0.15, 0.2) is 5.78 Å². The Morgan fingerprint density at radius 1 is 1.29 bits per heavy atom. The molecule has 114 valence electrons. The van der Waals surface area contributed by atoms with E-state index in [0.29, 0.717) is 17.7 Å². The van der Waals surface area contributed by atoms with Crippen LogP contribution in [-0.4, -0.2) is 23.5 Å². The van der Waals surface area contributed by atoms with Crippen molar-refractivity contribution in [2.45, 2.75) is 46.5 Å². The maximum Gasteiger partial charge on any atom is 0.238 e. The fraction of sp³-hybridized carbons (Fsp3) is 0.500. The van der Waals surface area contributed by atoms with E-state index in [1.807, 2.05) is 26.0 Å². The average Bonchev–Trinajstić information content (AvgIpc) is 2.42. The van der Waals surface area contributed by atoms with Crippen LogP contribution in [0.3, 0.4) is 0 Å². The Morgan fingerprint density at radius 3 is 2.57 bits per heavy atom. The highest BCUT2D eigenvalue weighted by Crippen LogP contribution is 2.25. The molecule has 0 aliphatic rings. The van der Waals surface area contributed by atoms with Crippen molar-refractivity contribution in [3.8, 4) is 0 Å². The van der Waals surface area contributed by atoms with Gasteiger partial charge in [0.25, 0.3) is 0 Å². The van der Waals surface area contributed by atoms with Crippen molar-refractivity contribution in [3.05, 3.63) is 38.9 Å². The number of ketones is 1. The lowest BCUT2D eigenvalue weighted by molar-refractivity contribution is -0.462. The first kappa shape index (κ1) is 17.0. The highest BCUT2D eigenvalue weighted by atomic mass is 16.6. The van der Waals surface area contributed by atoms with Crippen molar-refractivity contribution < 1.29 is 9.72 Å². The van der Waals surface area contributed by atoms with Crippen molar-refractivity contribution in [1.29, 1.82) is 0 Å². The van der Waals surface area contributed by atoms with Crippen LogP contribution in [0.1, 0.15) is 54.1 Å². The molecule has 0 saturated heterocycles. The van der Waals surface area contributed by atoms with Gasteiger partial charge < -0.3 is 0 Å². The summed E-state index contributed by atoms with van der Waals surface area (Å²) in [6.07, 6.45) is 4.69. The number of unbranched alkanes of at least 4 members (excludes halogenated alkanes) is 2. The molecule has 1 rings (SSSR count). The van der Waals surface area contributed by atoms with Crippen LogP contribution in [0.5, 0.6) is 0 Å². The molecule has 0 aliphatic carbocycles. The quantitative estimate of drug-likeness (QED) is 0.238. The predicted molar refractivity (Wildman–Crippen MR) is 84.4 cm³/mol. The van der Waals surface area contributed by atoms with Crippen molar-refractivity contribution in [2.75, 3.05) is 6.54 Å². The molecule has 5 nitrogen and oxygen atoms in total. The van der Waals surface area contributed by atoms with E-state index in [2.05, 4.69) is 11.9 Å². The summed E-state index contributed by atoms with van der Waals surface area (Å²) in [7, 11) is 0. The van der Waals surface area contributed by atoms with Crippen LogP contribution in [0, 0.1) is 24.0 Å². The van der Waals surface area contributed by atoms with Gasteiger partial charge in [-0.1, -0.05) is 19.8 Å². The monoisotopic (exact) mass is 290 g/mol. The van der Waals surface area contributed by atoms with Gasteiger partial charge in [-0.15, -0.1) is 0 Å². The molecule has 1 aromatic carbocycles. The Morgan fingerprint density at radius 2 is 1.95 bits per heavy atom. The van der Waals surface area contributed by atoms with Crippen LogP contribution in [-0.2, 0) is 0 Å². The van der Waals surface area contributed by atoms with Crippen LogP contribution in [0.2, 0.25) is 0 Å². The average molecular weight is 290 g/mol. The van der Waals surface area contributed by atoms with Crippen molar-refractivity contribution in [3.63, 3.8) is 0 Å². The van der Waals surface area contributed by atoms with Gasteiger partial charge in [0.05, 0.1) is 11.9 Å². The van der Waals surface area contributed by atoms with E-state index < -0.39 is 4.92 Å². The van der Waals surface area contributed by atoms with Crippen LogP contribution in [0.15, 0.2) is 17.1 Å². The summed E-state index contributed by atoms with van der Waals surface area (Å²) in [4.78, 5) is 26.3. The summed E-state index contributed by atoms with van der Waals surface area (Å²) in [5, 5.41) is 10.4. The summed E-state index contributed by atoms with van der Waals surface area (Å²) in [5.74, 6) is 0.0554. The zero-order valence-electron chi connectivity index (χ0n) is 12.9. The van der Waals surface area contributed by atoms with Crippen LogP contribution in [0.4, 0.5) is 5.69 Å². The van der Waals surface area contributed by atoms with Crippen LogP contribution < -0.4 is 0 Å². The molecule has 1 aromatic rings. The summed E-state index contributed by atoms with van der Waals surface area (Å²) in [5.41, 5.74) is 3.14. The SMILES string of the molecule is CCCCCC(=O)c1cc(C)c(C)cc1N=CC[N+](=O)[O-]. The fourth-order valence-electron chi connectivity index (χ4n) is 2.01. The molecule has 0 fully saturated rings. The molecule has 0 saturated carbocycles. The third-order valence-electron chi connectivity index (χ3n) is 3.38. The lowest BCUT2D eigenvalue weighted by Gasteiger charge is -2.09. The highest BCUT2D eigenvalue weighted by molar-refractivity contribution is 6.01. The van der Waals surface area contributed by atoms with Gasteiger partial charge in [-0.05, 0) is 43.5 Å². The second kappa shape index (κ2) is 8.29. The third kappa shape index (κ3) is 5.45. The molecular weight excluding hydrogens is 268 g/mol. The first-order chi connectivity index (χ1) is 9.95. The second-order valence-corrected chi connectivity index (χ2v) is 5.16. The molecular formula is C16H22N2O3. The maximum atomic E-state index is 12.3. The number of carbonyl (C=O) groups excluding carboxylic acids is 1. The number of aliphatic imine (C=N–C) groups is 1. The number of carbonyl (C=O) groups is 1. The molecule has 21 heavy (non-hydrogen) atoms. The largest absolute Gasteiger partial charge is 0.294 e. The molecule has 0 atom stereocenters. The maximum absolute atomic E-state index is 12.3. The van der Waals surface area contributed by atoms with Gasteiger partial charge in [-0.25, -0.2) is 0 Å². The van der Waals surface area contributed by atoms with Crippen molar-refractivity contribution in [2.24, 2.45) is 4.99 Å². The zero-order valence-corrected chi connectivity index (χ0v) is 12.9. The molecule has 0 unspecified atom stereocenters. The summed E-state index contributed by atoms with van der Waals surface area (Å²) >= 11 is 0. The van der Waals surface area contributed by atoms with E-state index in [9.17, 15) is 14.9 Å². The molecule has 0 heterocycles. The van der Waals surface area contributed by atoms with E-state index in [-0.39, 0.29) is 12.3 Å². The van der Waals surface area contributed by atoms with Gasteiger partial charge in [-0.2, -0.15) is 0 Å². The number of nitro groups is 1. The van der Waals surface area contributed by atoms with Gasteiger partial charge in [0, 0.05) is 16.9 Å². The number of hydrogen-bond donors (Lipinski definition) is 0. The molecule has 0 spiro atoms. The number of nitrogens with zero attached hydrogens (tertiary/aromatic N) is 2. The Balaban J connectivity index is 2.99. The minimum atomic E-state index is -0.451. The molecule has 0 N–H and O–H groups in total. The first-order valence-electron chi connectivity index (χ1n) is 7.24. The Labute approximate surface area is 125 Å². The normalized spacial score (nSPS) is 11.0. The van der Waals surface area contributed by atoms with Gasteiger partial charge in [-0.3, -0.25) is 19.9 Å². The van der Waals surface area contributed by atoms with E-state index in [4.69, 9.17) is 0 Å². The van der Waals surface area contributed by atoms with Gasteiger partial charge >= 0.3 is 0 Å². The van der Waals surface area contributed by atoms with Crippen LogP contribution >= 0.6 is 0 Å². The summed E-state index contributed by atoms with van der Waals surface area (Å²) in [6.45, 7) is 5.64. The minimum absolute atomic E-state index is 0.0554. The lowest BCUT2D eigenvalue weighted by Crippen LogP contribution is -2.03. The van der Waals surface area contributed by atoms with Crippen molar-refractivity contribution >= 4 is 17.7 Å². The van der Waals surface area contributed by atoms with Gasteiger partial charge in [0.1, 0.15) is 0 Å². The molecule has 0 aromatic heterocycles. The molecule has 5 heteroatoms.